The van der Waals surface area contributed by atoms with Gasteiger partial charge in [-0.3, -0.25) is 28.8 Å². The standard InChI is InChI=1S/9C4H11NO2.C4H8O2.C3H4O4.C3H6O2.C2H4O2.CH2O2.BrH.HI/c9*6-3-1-5-2-4-7;1-2-3-4(5)6;4-2(5)1-3(6)7;1-2-3(4)5;1-2(3)4;2-1-3;;/h9*5-7H,1-4H2;2-3H2,1H3,(H,5,6);1H2,(H,4,5)(H,6,7);2H2,1H3,(H,4,5);1H3,(H,3,4);1H,(H,2,3);2*1H. The molecule has 0 unspecified atom stereocenters. The summed E-state index contributed by atoms with van der Waals surface area (Å²) in [5, 5.41) is 217. The molecule has 0 amide bonds. The van der Waals surface area contributed by atoms with Crippen molar-refractivity contribution in [1.82, 2.24) is 47.9 Å². The lowest BCUT2D eigenvalue weighted by molar-refractivity contribution is -0.147. The van der Waals surface area contributed by atoms with Gasteiger partial charge in [-0.15, -0.1) is 41.0 Å². The average Bonchev–Trinajstić information content (AvgIpc) is 3.48. The van der Waals surface area contributed by atoms with Gasteiger partial charge in [-0.1, -0.05) is 13.8 Å². The van der Waals surface area contributed by atoms with Crippen molar-refractivity contribution in [3.8, 4) is 0 Å². The monoisotopic (exact) mass is 1530 g/mol. The zero-order valence-corrected chi connectivity index (χ0v) is 56.9. The van der Waals surface area contributed by atoms with Crippen molar-refractivity contribution < 1.29 is 151 Å². The van der Waals surface area contributed by atoms with Gasteiger partial charge in [0.1, 0.15) is 6.42 Å². The molecule has 0 rings (SSSR count). The number of aliphatic hydroxyl groups excluding tert-OH is 18. The molecule has 33 N–H and O–H groups in total. The summed E-state index contributed by atoms with van der Waals surface area (Å²) in [6, 6.07) is 0. The third-order valence-electron chi connectivity index (χ3n) is 6.26. The van der Waals surface area contributed by atoms with Crippen molar-refractivity contribution >= 4 is 77.3 Å². The first-order valence-corrected chi connectivity index (χ1v) is 27.5. The molecule has 41 heteroatoms. The topological polar surface area (TPSA) is 696 Å². The van der Waals surface area contributed by atoms with Crippen LogP contribution >= 0.6 is 41.0 Å². The fourth-order valence-corrected chi connectivity index (χ4v) is 2.89. The number of aliphatic carboxylic acids is 5. The Balaban J connectivity index is -0.0000000469. The number of carboxylic acid groups (broad SMARTS) is 6. The van der Waals surface area contributed by atoms with Gasteiger partial charge in [0.25, 0.3) is 12.4 Å². The predicted molar refractivity (Wildman–Crippen MR) is 351 cm³/mol. The van der Waals surface area contributed by atoms with E-state index in [4.69, 9.17) is 132 Å². The Morgan fingerprint density at radius 1 is 0.289 bits per heavy atom. The lowest BCUT2D eigenvalue weighted by atomic mass is 10.4. The maximum absolute atomic E-state index is 9.60. The van der Waals surface area contributed by atoms with Crippen molar-refractivity contribution in [3.05, 3.63) is 0 Å². The van der Waals surface area contributed by atoms with Crippen molar-refractivity contribution in [2.75, 3.05) is 237 Å². The minimum Gasteiger partial charge on any atom is -0.483 e. The van der Waals surface area contributed by atoms with Gasteiger partial charge in [-0.05, 0) is 6.42 Å². The number of rotatable bonds is 41. The minimum atomic E-state index is -1.31. The molecular weight excluding hydrogens is 1400 g/mol. The van der Waals surface area contributed by atoms with Crippen LogP contribution < -0.4 is 47.9 Å². The van der Waals surface area contributed by atoms with Crippen LogP contribution in [-0.4, -0.2) is 396 Å². The van der Waals surface area contributed by atoms with Gasteiger partial charge in [0.15, 0.2) is 0 Å². The maximum Gasteiger partial charge on any atom is 0.314 e. The molecule has 0 aromatic heterocycles. The Kier molecular flexibility index (Phi) is 229. The van der Waals surface area contributed by atoms with E-state index >= 15 is 0 Å². The van der Waals surface area contributed by atoms with E-state index in [9.17, 15) is 19.2 Å². The molecular formula is C49H125BrIN9O30. The van der Waals surface area contributed by atoms with Crippen LogP contribution in [0.3, 0.4) is 0 Å². The SMILES string of the molecule is Br.CC(=O)O.CCC(=O)O.CCCC(=O)O.I.O=C(O)CC(=O)O.O=CO.OCCNCCO.OCCNCCO.OCCNCCO.OCCNCCO.OCCNCCO.OCCNCCO.OCCNCCO.OCCNCCO.OCCNCCO. The third kappa shape index (κ3) is 340. The molecule has 0 saturated heterocycles. The van der Waals surface area contributed by atoms with Crippen LogP contribution in [-0.2, 0) is 28.8 Å². The number of carboxylic acids is 5. The van der Waals surface area contributed by atoms with E-state index in [1.54, 1.807) is 6.92 Å². The van der Waals surface area contributed by atoms with E-state index in [2.05, 4.69) is 47.9 Å². The molecule has 0 aromatic rings. The minimum absolute atomic E-state index is 0. The van der Waals surface area contributed by atoms with Crippen LogP contribution in [0.4, 0.5) is 0 Å². The summed E-state index contributed by atoms with van der Waals surface area (Å²) in [4.78, 5) is 55.2. The molecule has 0 radical (unpaired) electrons. The lowest BCUT2D eigenvalue weighted by Gasteiger charge is -1.94. The van der Waals surface area contributed by atoms with Crippen LogP contribution in [0.5, 0.6) is 0 Å². The molecule has 39 nitrogen and oxygen atoms in total. The molecule has 0 heterocycles. The highest BCUT2D eigenvalue weighted by Crippen LogP contribution is 1.82. The molecule has 0 saturated carbocycles. The number of carbonyl (C=O) groups is 6. The number of hydrogen-bond acceptors (Lipinski definition) is 33. The van der Waals surface area contributed by atoms with E-state index in [0.29, 0.717) is 124 Å². The van der Waals surface area contributed by atoms with Gasteiger partial charge in [0.2, 0.25) is 0 Å². The molecule has 0 atom stereocenters. The van der Waals surface area contributed by atoms with Crippen molar-refractivity contribution in [2.24, 2.45) is 0 Å². The normalized spacial score (nSPS) is 8.59. The van der Waals surface area contributed by atoms with Crippen LogP contribution in [0.15, 0.2) is 0 Å². The summed E-state index contributed by atoms with van der Waals surface area (Å²) in [5.41, 5.74) is 0. The Morgan fingerprint density at radius 3 is 0.411 bits per heavy atom. The zero-order valence-electron chi connectivity index (χ0n) is 52.9. The number of hydrogen-bond donors (Lipinski definition) is 33. The number of aliphatic hydroxyl groups is 18. The Bertz CT molecular complexity index is 959. The second-order valence-electron chi connectivity index (χ2n) is 14.3. The highest BCUT2D eigenvalue weighted by molar-refractivity contribution is 14.0. The van der Waals surface area contributed by atoms with Gasteiger partial charge in [-0.2, -0.15) is 0 Å². The lowest BCUT2D eigenvalue weighted by Crippen LogP contribution is -2.21. The molecule has 0 spiro atoms. The molecule has 0 aliphatic rings. The van der Waals surface area contributed by atoms with Gasteiger partial charge in [-0.25, -0.2) is 0 Å². The first-order chi connectivity index (χ1) is 42.0. The average molecular weight is 1530 g/mol. The summed E-state index contributed by atoms with van der Waals surface area (Å²) in [6.07, 6.45) is 0.440. The summed E-state index contributed by atoms with van der Waals surface area (Å²) in [5.74, 6) is -4.91. The molecule has 0 aliphatic carbocycles. The molecule has 90 heavy (non-hydrogen) atoms. The smallest absolute Gasteiger partial charge is 0.314 e. The highest BCUT2D eigenvalue weighted by Gasteiger charge is 2.01. The largest absolute Gasteiger partial charge is 0.483 e. The van der Waals surface area contributed by atoms with E-state index in [1.807, 2.05) is 6.92 Å². The van der Waals surface area contributed by atoms with Crippen LogP contribution in [0, 0.1) is 0 Å². The first-order valence-electron chi connectivity index (χ1n) is 27.5. The van der Waals surface area contributed by atoms with Crippen molar-refractivity contribution in [2.45, 2.75) is 46.5 Å². The highest BCUT2D eigenvalue weighted by atomic mass is 127. The Labute approximate surface area is 557 Å². The molecule has 0 fully saturated rings. The van der Waals surface area contributed by atoms with Crippen LogP contribution in [0.2, 0.25) is 0 Å². The molecule has 0 aliphatic heterocycles. The zero-order chi connectivity index (χ0) is 71.2. The fourth-order valence-electron chi connectivity index (χ4n) is 2.89. The van der Waals surface area contributed by atoms with E-state index in [1.165, 1.54) is 0 Å². The second kappa shape index (κ2) is 162. The van der Waals surface area contributed by atoms with Crippen molar-refractivity contribution in [3.63, 3.8) is 0 Å². The summed E-state index contributed by atoms with van der Waals surface area (Å²) < 4.78 is 0. The third-order valence-corrected chi connectivity index (χ3v) is 6.26. The summed E-state index contributed by atoms with van der Waals surface area (Å²) >= 11 is 0. The van der Waals surface area contributed by atoms with Gasteiger partial charge in [0, 0.05) is 138 Å². The predicted octanol–water partition coefficient (Wildman–Crippen LogP) is -11.1. The van der Waals surface area contributed by atoms with Crippen LogP contribution in [0.25, 0.3) is 0 Å². The Morgan fingerprint density at radius 2 is 0.389 bits per heavy atom. The maximum atomic E-state index is 9.60. The molecule has 560 valence electrons. The number of halogens is 2. The summed E-state index contributed by atoms with van der Waals surface area (Å²) in [7, 11) is 0. The van der Waals surface area contributed by atoms with Gasteiger partial charge < -0.3 is 170 Å². The fraction of sp³-hybridized carbons (Fsp3) is 0.878. The van der Waals surface area contributed by atoms with Gasteiger partial charge in [0.05, 0.1) is 119 Å². The molecule has 0 bridgehead atoms. The number of nitrogens with one attached hydrogen (secondary N) is 9. The van der Waals surface area contributed by atoms with E-state index < -0.39 is 36.3 Å². The Hall–Kier alpha value is -3.05. The quantitative estimate of drug-likeness (QED) is 0.0117. The van der Waals surface area contributed by atoms with E-state index in [0.717, 1.165) is 13.3 Å². The summed E-state index contributed by atoms with van der Waals surface area (Å²) in [6.45, 7) is 17.0. The van der Waals surface area contributed by atoms with Gasteiger partial charge >= 0.3 is 23.9 Å². The van der Waals surface area contributed by atoms with Crippen molar-refractivity contribution in [1.29, 1.82) is 0 Å². The van der Waals surface area contributed by atoms with Crippen LogP contribution in [0.1, 0.15) is 46.5 Å². The molecule has 0 aromatic carbocycles. The van der Waals surface area contributed by atoms with E-state index in [-0.39, 0.29) is 173 Å². The first kappa shape index (κ1) is 128. The second-order valence-corrected chi connectivity index (χ2v) is 14.3.